The van der Waals surface area contributed by atoms with Crippen LogP contribution in [0.5, 0.6) is 0 Å². The Kier molecular flexibility index (Phi) is 5.87. The molecule has 4 atom stereocenters. The third-order valence-corrected chi connectivity index (χ3v) is 11.4. The van der Waals surface area contributed by atoms with Crippen LogP contribution in [0.4, 0.5) is 0 Å². The van der Waals surface area contributed by atoms with Gasteiger partial charge in [-0.05, 0) is 29.3 Å². The van der Waals surface area contributed by atoms with Gasteiger partial charge < -0.3 is 23.7 Å². The summed E-state index contributed by atoms with van der Waals surface area (Å²) >= 11 is 0. The molecule has 32 heavy (non-hydrogen) atoms. The molecule has 0 aromatic heterocycles. The molecule has 2 aliphatic heterocycles. The lowest BCUT2D eigenvalue weighted by molar-refractivity contribution is -0.225. The van der Waals surface area contributed by atoms with Gasteiger partial charge in [-0.25, -0.2) is 0 Å². The molecule has 4 rings (SSSR count). The molecule has 1 N–H and O–H groups in total. The summed E-state index contributed by atoms with van der Waals surface area (Å²) in [5, 5.41) is 13.5. The maximum atomic E-state index is 11.4. The highest BCUT2D eigenvalue weighted by molar-refractivity contribution is 6.99. The van der Waals surface area contributed by atoms with Gasteiger partial charge in [0.2, 0.25) is 0 Å². The Bertz CT molecular complexity index is 939. The van der Waals surface area contributed by atoms with Crippen LogP contribution < -0.4 is 10.4 Å². The fourth-order valence-corrected chi connectivity index (χ4v) is 9.44. The highest BCUT2D eigenvalue weighted by atomic mass is 28.4. The van der Waals surface area contributed by atoms with E-state index >= 15 is 0 Å². The summed E-state index contributed by atoms with van der Waals surface area (Å²) < 4.78 is 24.7. The molecular weight excluding hydrogens is 420 g/mol. The minimum atomic E-state index is -2.80. The second kappa shape index (κ2) is 8.10. The first kappa shape index (κ1) is 23.2. The average Bonchev–Trinajstić information content (AvgIpc) is 3.19. The van der Waals surface area contributed by atoms with Gasteiger partial charge in [0.25, 0.3) is 8.32 Å². The van der Waals surface area contributed by atoms with Gasteiger partial charge in [0.05, 0.1) is 6.61 Å². The van der Waals surface area contributed by atoms with E-state index in [4.69, 9.17) is 25.1 Å². The zero-order valence-electron chi connectivity index (χ0n) is 19.4. The first-order chi connectivity index (χ1) is 15.0. The number of ether oxygens (including phenoxy) is 3. The highest BCUT2D eigenvalue weighted by Gasteiger charge is 2.63. The first-order valence-corrected chi connectivity index (χ1v) is 12.9. The second-order valence-corrected chi connectivity index (χ2v) is 14.3. The van der Waals surface area contributed by atoms with E-state index in [1.807, 2.05) is 36.4 Å². The number of benzene rings is 2. The molecule has 170 valence electrons. The van der Waals surface area contributed by atoms with Gasteiger partial charge in [0.1, 0.15) is 6.10 Å². The number of rotatable bonds is 5. The fraction of sp³-hybridized carbons (Fsp3) is 0.462. The molecule has 0 aliphatic carbocycles. The van der Waals surface area contributed by atoms with Gasteiger partial charge in [0, 0.05) is 0 Å². The van der Waals surface area contributed by atoms with Crippen molar-refractivity contribution in [1.29, 1.82) is 0 Å². The largest absolute Gasteiger partial charge is 0.405 e. The van der Waals surface area contributed by atoms with E-state index in [-0.39, 0.29) is 11.6 Å². The van der Waals surface area contributed by atoms with Gasteiger partial charge >= 0.3 is 0 Å². The van der Waals surface area contributed by atoms with Crippen LogP contribution in [0.25, 0.3) is 0 Å². The van der Waals surface area contributed by atoms with Crippen molar-refractivity contribution in [3.63, 3.8) is 0 Å². The minimum absolute atomic E-state index is 0.119. The molecule has 2 saturated heterocycles. The third-order valence-electron chi connectivity index (χ3n) is 6.38. The Morgan fingerprint density at radius 2 is 1.53 bits per heavy atom. The maximum absolute atomic E-state index is 11.4. The van der Waals surface area contributed by atoms with Crippen molar-refractivity contribution < 1.29 is 23.7 Å². The molecule has 0 amide bonds. The number of hydrogen-bond acceptors (Lipinski definition) is 5. The van der Waals surface area contributed by atoms with Gasteiger partial charge in [-0.3, -0.25) is 0 Å². The van der Waals surface area contributed by atoms with E-state index < -0.39 is 38.2 Å². The molecule has 0 unspecified atom stereocenters. The molecule has 0 bridgehead atoms. The monoisotopic (exact) mass is 452 g/mol. The van der Waals surface area contributed by atoms with E-state index in [0.29, 0.717) is 0 Å². The van der Waals surface area contributed by atoms with Crippen molar-refractivity contribution in [1.82, 2.24) is 0 Å². The van der Waals surface area contributed by atoms with E-state index in [9.17, 15) is 5.11 Å². The third kappa shape index (κ3) is 3.73. The van der Waals surface area contributed by atoms with Crippen LogP contribution >= 0.6 is 0 Å². The Morgan fingerprint density at radius 1 is 1.00 bits per heavy atom. The van der Waals surface area contributed by atoms with Crippen molar-refractivity contribution in [2.24, 2.45) is 0 Å². The van der Waals surface area contributed by atoms with Crippen LogP contribution in [0.1, 0.15) is 34.6 Å². The van der Waals surface area contributed by atoms with Gasteiger partial charge in [0.15, 0.2) is 23.8 Å². The normalized spacial score (nSPS) is 29.5. The van der Waals surface area contributed by atoms with Gasteiger partial charge in [-0.15, -0.1) is 6.42 Å². The van der Waals surface area contributed by atoms with Crippen LogP contribution in [-0.2, 0) is 18.6 Å². The number of aliphatic hydroxyl groups is 1. The minimum Gasteiger partial charge on any atom is -0.405 e. The van der Waals surface area contributed by atoms with Crippen LogP contribution in [0.3, 0.4) is 0 Å². The molecule has 2 heterocycles. The predicted octanol–water partition coefficient (Wildman–Crippen LogP) is 2.80. The predicted molar refractivity (Wildman–Crippen MR) is 126 cm³/mol. The van der Waals surface area contributed by atoms with E-state index in [0.717, 1.165) is 10.4 Å². The van der Waals surface area contributed by atoms with Crippen molar-refractivity contribution in [3.8, 4) is 12.3 Å². The van der Waals surface area contributed by atoms with Crippen LogP contribution in [-0.4, -0.2) is 49.9 Å². The molecule has 2 aromatic carbocycles. The summed E-state index contributed by atoms with van der Waals surface area (Å²) in [5.74, 6) is 1.64. The van der Waals surface area contributed by atoms with E-state index in [1.165, 1.54) is 0 Å². The Balaban J connectivity index is 1.71. The average molecular weight is 453 g/mol. The lowest BCUT2D eigenvalue weighted by Gasteiger charge is -2.44. The molecule has 2 aromatic rings. The SMILES string of the molecule is C#C[C@@]1(O)[C@@H](CO[Si](c2ccccc2)(c2ccccc2)C(C)(C)C)O[C@@H]2OC(C)(C)O[C@@H]21. The molecule has 0 radical (unpaired) electrons. The Morgan fingerprint density at radius 3 is 2.00 bits per heavy atom. The summed E-state index contributed by atoms with van der Waals surface area (Å²) in [4.78, 5) is 0. The maximum Gasteiger partial charge on any atom is 0.261 e. The van der Waals surface area contributed by atoms with Crippen molar-refractivity contribution in [2.45, 2.75) is 69.5 Å². The van der Waals surface area contributed by atoms with Crippen molar-refractivity contribution >= 4 is 18.7 Å². The molecular formula is C26H32O5Si. The Labute approximate surface area is 191 Å². The van der Waals surface area contributed by atoms with Gasteiger partial charge in [-0.1, -0.05) is 87.4 Å². The number of hydrogen-bond donors (Lipinski definition) is 1. The summed E-state index contributed by atoms with van der Waals surface area (Å²) in [6, 6.07) is 20.6. The quantitative estimate of drug-likeness (QED) is 0.559. The molecule has 2 aliphatic rings. The molecule has 6 heteroatoms. The van der Waals surface area contributed by atoms with E-state index in [2.05, 4.69) is 51.0 Å². The first-order valence-electron chi connectivity index (χ1n) is 11.0. The second-order valence-electron chi connectivity index (χ2n) is 9.99. The lowest BCUT2D eigenvalue weighted by atomic mass is 9.94. The van der Waals surface area contributed by atoms with Crippen molar-refractivity contribution in [2.75, 3.05) is 6.61 Å². The fourth-order valence-electron chi connectivity index (χ4n) is 4.88. The zero-order chi connectivity index (χ0) is 23.2. The smallest absolute Gasteiger partial charge is 0.261 e. The lowest BCUT2D eigenvalue weighted by Crippen LogP contribution is -2.67. The summed E-state index contributed by atoms with van der Waals surface area (Å²) in [7, 11) is -2.80. The van der Waals surface area contributed by atoms with Gasteiger partial charge in [-0.2, -0.15) is 0 Å². The Hall–Kier alpha value is -1.98. The standard InChI is InChI=1S/C26H32O5Si/c1-7-26(27)21(29-23-22(26)30-25(5,6)31-23)18-28-32(24(2,3)4,19-14-10-8-11-15-19)20-16-12-9-13-17-20/h1,8-17,21-23,27H,18H2,2-6H3/t21-,22+,23-,26-/m1/s1. The number of terminal acetylenes is 1. The summed E-state index contributed by atoms with van der Waals surface area (Å²) in [6.07, 6.45) is 3.51. The zero-order valence-corrected chi connectivity index (χ0v) is 20.4. The molecule has 0 spiro atoms. The van der Waals surface area contributed by atoms with Crippen LogP contribution in [0.2, 0.25) is 5.04 Å². The molecule has 5 nitrogen and oxygen atoms in total. The summed E-state index contributed by atoms with van der Waals surface area (Å²) in [6.45, 7) is 10.3. The molecule has 0 saturated carbocycles. The molecule has 2 fully saturated rings. The van der Waals surface area contributed by atoms with Crippen LogP contribution in [0.15, 0.2) is 60.7 Å². The number of fused-ring (bicyclic) bond motifs is 1. The van der Waals surface area contributed by atoms with Crippen LogP contribution in [0, 0.1) is 12.3 Å². The summed E-state index contributed by atoms with van der Waals surface area (Å²) in [5.41, 5.74) is -1.65. The van der Waals surface area contributed by atoms with Crippen molar-refractivity contribution in [3.05, 3.63) is 60.7 Å². The topological polar surface area (TPSA) is 57.2 Å². The van der Waals surface area contributed by atoms with E-state index in [1.54, 1.807) is 13.8 Å². The highest BCUT2D eigenvalue weighted by Crippen LogP contribution is 2.44.